The number of hydrogen-bond acceptors (Lipinski definition) is 5. The first-order valence-electron chi connectivity index (χ1n) is 6.72. The smallest absolute Gasteiger partial charge is 0.345 e. The molecule has 0 fully saturated rings. The predicted octanol–water partition coefficient (Wildman–Crippen LogP) is 2.54. The predicted molar refractivity (Wildman–Crippen MR) is 79.2 cm³/mol. The summed E-state index contributed by atoms with van der Waals surface area (Å²) in [7, 11) is 0. The van der Waals surface area contributed by atoms with Crippen LogP contribution in [0.3, 0.4) is 0 Å². The Hall–Kier alpha value is -2.43. The molecule has 0 unspecified atom stereocenters. The Morgan fingerprint density at radius 1 is 1.19 bits per heavy atom. The Kier molecular flexibility index (Phi) is 6.87. The van der Waals surface area contributed by atoms with Crippen molar-refractivity contribution in [1.29, 1.82) is 0 Å². The van der Waals surface area contributed by atoms with Crippen molar-refractivity contribution in [2.45, 2.75) is 20.8 Å². The Morgan fingerprint density at radius 2 is 1.81 bits per heavy atom. The molecule has 1 aromatic heterocycles. The number of nitrogens with zero attached hydrogens (tertiary/aromatic N) is 1. The number of ether oxygens (including phenoxy) is 2. The van der Waals surface area contributed by atoms with Gasteiger partial charge in [0.05, 0.1) is 13.2 Å². The van der Waals surface area contributed by atoms with Gasteiger partial charge < -0.3 is 9.47 Å². The fourth-order valence-electron chi connectivity index (χ4n) is 1.61. The molecule has 0 N–H and O–H groups in total. The SMILES string of the molecule is CCOC(=O)C(=C/C(C)=C/c1cccnc1)C(=O)OCC. The van der Waals surface area contributed by atoms with E-state index < -0.39 is 11.9 Å². The van der Waals surface area contributed by atoms with Crippen molar-refractivity contribution >= 4 is 18.0 Å². The highest BCUT2D eigenvalue weighted by Crippen LogP contribution is 2.11. The van der Waals surface area contributed by atoms with E-state index >= 15 is 0 Å². The molecule has 112 valence electrons. The van der Waals surface area contributed by atoms with Crippen LogP contribution in [-0.2, 0) is 19.1 Å². The van der Waals surface area contributed by atoms with Gasteiger partial charge in [-0.05, 0) is 44.1 Å². The van der Waals surface area contributed by atoms with Crippen LogP contribution in [0, 0.1) is 0 Å². The highest BCUT2D eigenvalue weighted by atomic mass is 16.6. The summed E-state index contributed by atoms with van der Waals surface area (Å²) in [5.41, 5.74) is 1.48. The molecule has 1 heterocycles. The lowest BCUT2D eigenvalue weighted by molar-refractivity contribution is -0.146. The standard InChI is InChI=1S/C16H19NO4/c1-4-20-15(18)14(16(19)21-5-2)10-12(3)9-13-7-6-8-17-11-13/h6-11H,4-5H2,1-3H3/b12-9+. The molecule has 0 spiro atoms. The Morgan fingerprint density at radius 3 is 2.29 bits per heavy atom. The van der Waals surface area contributed by atoms with Gasteiger partial charge >= 0.3 is 11.9 Å². The average molecular weight is 289 g/mol. The monoisotopic (exact) mass is 289 g/mol. The maximum Gasteiger partial charge on any atom is 0.345 e. The van der Waals surface area contributed by atoms with E-state index in [2.05, 4.69) is 4.98 Å². The zero-order chi connectivity index (χ0) is 15.7. The van der Waals surface area contributed by atoms with Gasteiger partial charge in [-0.15, -0.1) is 0 Å². The van der Waals surface area contributed by atoms with Crippen LogP contribution in [0.2, 0.25) is 0 Å². The first-order valence-corrected chi connectivity index (χ1v) is 6.72. The fourth-order valence-corrected chi connectivity index (χ4v) is 1.61. The Balaban J connectivity index is 3.03. The van der Waals surface area contributed by atoms with Crippen molar-refractivity contribution in [2.75, 3.05) is 13.2 Å². The van der Waals surface area contributed by atoms with Crippen LogP contribution in [0.5, 0.6) is 0 Å². The second-order valence-corrected chi connectivity index (χ2v) is 4.17. The highest BCUT2D eigenvalue weighted by molar-refractivity contribution is 6.14. The molecule has 5 nitrogen and oxygen atoms in total. The van der Waals surface area contributed by atoms with E-state index in [0.717, 1.165) is 11.1 Å². The second kappa shape index (κ2) is 8.68. The van der Waals surface area contributed by atoms with E-state index in [1.165, 1.54) is 6.08 Å². The minimum absolute atomic E-state index is 0.114. The maximum atomic E-state index is 11.8. The maximum absolute atomic E-state index is 11.8. The molecule has 0 atom stereocenters. The largest absolute Gasteiger partial charge is 0.462 e. The molecule has 0 saturated heterocycles. The lowest BCUT2D eigenvalue weighted by Crippen LogP contribution is -2.18. The summed E-state index contributed by atoms with van der Waals surface area (Å²) in [5.74, 6) is -1.37. The van der Waals surface area contributed by atoms with Gasteiger partial charge in [-0.3, -0.25) is 4.98 Å². The number of rotatable bonds is 6. The van der Waals surface area contributed by atoms with E-state index in [0.29, 0.717) is 0 Å². The summed E-state index contributed by atoms with van der Waals surface area (Å²) >= 11 is 0. The lowest BCUT2D eigenvalue weighted by atomic mass is 10.1. The lowest BCUT2D eigenvalue weighted by Gasteiger charge is -2.06. The molecule has 0 radical (unpaired) electrons. The third-order valence-electron chi connectivity index (χ3n) is 2.44. The van der Waals surface area contributed by atoms with Crippen molar-refractivity contribution < 1.29 is 19.1 Å². The zero-order valence-electron chi connectivity index (χ0n) is 12.5. The number of hydrogen-bond donors (Lipinski definition) is 0. The van der Waals surface area contributed by atoms with Crippen LogP contribution < -0.4 is 0 Å². The van der Waals surface area contributed by atoms with Crippen LogP contribution in [0.4, 0.5) is 0 Å². The molecular weight excluding hydrogens is 270 g/mol. The Bertz CT molecular complexity index is 527. The second-order valence-electron chi connectivity index (χ2n) is 4.17. The third-order valence-corrected chi connectivity index (χ3v) is 2.44. The normalized spacial score (nSPS) is 10.7. The summed E-state index contributed by atoms with van der Waals surface area (Å²) in [4.78, 5) is 27.6. The number of esters is 2. The molecule has 21 heavy (non-hydrogen) atoms. The van der Waals surface area contributed by atoms with Crippen LogP contribution in [-0.4, -0.2) is 30.1 Å². The van der Waals surface area contributed by atoms with Crippen molar-refractivity contribution in [2.24, 2.45) is 0 Å². The summed E-state index contributed by atoms with van der Waals surface area (Å²) in [6.45, 7) is 5.53. The third kappa shape index (κ3) is 5.60. The van der Waals surface area contributed by atoms with Gasteiger partial charge in [0, 0.05) is 12.4 Å². The van der Waals surface area contributed by atoms with Gasteiger partial charge in [-0.2, -0.15) is 0 Å². The van der Waals surface area contributed by atoms with Crippen molar-refractivity contribution in [3.8, 4) is 0 Å². The van der Waals surface area contributed by atoms with E-state index in [1.807, 2.05) is 12.1 Å². The van der Waals surface area contributed by atoms with Crippen LogP contribution >= 0.6 is 0 Å². The molecule has 0 aliphatic carbocycles. The van der Waals surface area contributed by atoms with Gasteiger partial charge in [0.2, 0.25) is 0 Å². The summed E-state index contributed by atoms with van der Waals surface area (Å²) in [5, 5.41) is 0. The van der Waals surface area contributed by atoms with Gasteiger partial charge in [0.25, 0.3) is 0 Å². The zero-order valence-corrected chi connectivity index (χ0v) is 12.5. The first-order chi connectivity index (χ1) is 10.1. The Labute approximate surface area is 124 Å². The minimum Gasteiger partial charge on any atom is -0.462 e. The van der Waals surface area contributed by atoms with Gasteiger partial charge in [-0.25, -0.2) is 9.59 Å². The van der Waals surface area contributed by atoms with E-state index in [4.69, 9.17) is 9.47 Å². The van der Waals surface area contributed by atoms with E-state index in [-0.39, 0.29) is 18.8 Å². The molecule has 0 bridgehead atoms. The van der Waals surface area contributed by atoms with Crippen LogP contribution in [0.25, 0.3) is 6.08 Å². The topological polar surface area (TPSA) is 65.5 Å². The average Bonchev–Trinajstić information content (AvgIpc) is 2.46. The molecule has 1 aromatic rings. The number of allylic oxidation sites excluding steroid dienone is 2. The van der Waals surface area contributed by atoms with Crippen LogP contribution in [0.15, 0.2) is 41.7 Å². The molecule has 5 heteroatoms. The first kappa shape index (κ1) is 16.6. The summed E-state index contributed by atoms with van der Waals surface area (Å²) in [6.07, 6.45) is 6.63. The molecule has 0 aliphatic rings. The number of carbonyl (C=O) groups excluding carboxylic acids is 2. The van der Waals surface area contributed by atoms with Crippen molar-refractivity contribution in [3.63, 3.8) is 0 Å². The minimum atomic E-state index is -0.685. The number of aromatic nitrogens is 1. The highest BCUT2D eigenvalue weighted by Gasteiger charge is 2.20. The molecule has 1 rings (SSSR count). The van der Waals surface area contributed by atoms with Crippen molar-refractivity contribution in [3.05, 3.63) is 47.3 Å². The number of carbonyl (C=O) groups is 2. The van der Waals surface area contributed by atoms with E-state index in [9.17, 15) is 9.59 Å². The van der Waals surface area contributed by atoms with Gasteiger partial charge in [0.1, 0.15) is 5.57 Å². The molecular formula is C16H19NO4. The molecule has 0 saturated carbocycles. The summed E-state index contributed by atoms with van der Waals surface area (Å²) < 4.78 is 9.75. The van der Waals surface area contributed by atoms with Gasteiger partial charge in [-0.1, -0.05) is 12.1 Å². The van der Waals surface area contributed by atoms with Crippen molar-refractivity contribution in [1.82, 2.24) is 4.98 Å². The van der Waals surface area contributed by atoms with Crippen LogP contribution in [0.1, 0.15) is 26.3 Å². The van der Waals surface area contributed by atoms with Gasteiger partial charge in [0.15, 0.2) is 0 Å². The number of pyridine rings is 1. The molecule has 0 aliphatic heterocycles. The summed E-state index contributed by atoms with van der Waals surface area (Å²) in [6, 6.07) is 3.68. The fraction of sp³-hybridized carbons (Fsp3) is 0.312. The van der Waals surface area contributed by atoms with E-state index in [1.54, 1.807) is 39.2 Å². The molecule has 0 aromatic carbocycles. The molecule has 0 amide bonds. The quantitative estimate of drug-likeness (QED) is 0.265.